The number of rotatable bonds is 5. The lowest BCUT2D eigenvalue weighted by atomic mass is 10.2. The summed E-state index contributed by atoms with van der Waals surface area (Å²) in [7, 11) is 0. The third kappa shape index (κ3) is 3.44. The predicted octanol–water partition coefficient (Wildman–Crippen LogP) is -1.29. The monoisotopic (exact) mass is 308 g/mol. The van der Waals surface area contributed by atoms with Gasteiger partial charge in [0.25, 0.3) is 0 Å². The van der Waals surface area contributed by atoms with Gasteiger partial charge >= 0.3 is 0 Å². The maximum Gasteiger partial charge on any atom is 0.248 e. The van der Waals surface area contributed by atoms with E-state index in [2.05, 4.69) is 5.32 Å². The van der Waals surface area contributed by atoms with Crippen molar-refractivity contribution < 1.29 is 19.2 Å². The van der Waals surface area contributed by atoms with Gasteiger partial charge in [0, 0.05) is 25.2 Å². The van der Waals surface area contributed by atoms with Crippen molar-refractivity contribution in [2.75, 3.05) is 13.1 Å². The Morgan fingerprint density at radius 2 is 1.59 bits per heavy atom. The molecule has 4 amide bonds. The number of nitrogens with zero attached hydrogens (tertiary/aromatic N) is 2. The first kappa shape index (κ1) is 16.0. The van der Waals surface area contributed by atoms with Crippen LogP contribution in [0.3, 0.4) is 0 Å². The molecule has 2 aliphatic rings. The molecule has 3 N–H and O–H groups in total. The molecular formula is C14H20N4O4. The molecule has 0 aromatic heterocycles. The average molecular weight is 308 g/mol. The molecule has 2 atom stereocenters. The van der Waals surface area contributed by atoms with Gasteiger partial charge < -0.3 is 20.9 Å². The Bertz CT molecular complexity index is 505. The molecule has 8 heteroatoms. The lowest BCUT2D eigenvalue weighted by molar-refractivity contribution is -0.133. The normalized spacial score (nSPS) is 24.7. The lowest BCUT2D eigenvalue weighted by Gasteiger charge is -2.23. The fraction of sp³-hybridized carbons (Fsp3) is 0.571. The molecule has 0 radical (unpaired) electrons. The highest BCUT2D eigenvalue weighted by molar-refractivity contribution is 5.98. The van der Waals surface area contributed by atoms with Crippen LogP contribution >= 0.6 is 0 Å². The summed E-state index contributed by atoms with van der Waals surface area (Å²) in [5.41, 5.74) is 5.26. The van der Waals surface area contributed by atoms with Crippen LogP contribution < -0.4 is 11.1 Å². The maximum atomic E-state index is 12.1. The fourth-order valence-electron chi connectivity index (χ4n) is 2.94. The van der Waals surface area contributed by atoms with Crippen molar-refractivity contribution >= 4 is 24.1 Å². The van der Waals surface area contributed by atoms with Gasteiger partial charge in [0.2, 0.25) is 24.1 Å². The molecule has 2 unspecified atom stereocenters. The molecule has 2 aliphatic heterocycles. The van der Waals surface area contributed by atoms with Crippen LogP contribution in [0, 0.1) is 0 Å². The smallest absolute Gasteiger partial charge is 0.248 e. The Balaban J connectivity index is 1.95. The fourth-order valence-corrected chi connectivity index (χ4v) is 2.94. The first-order valence-electron chi connectivity index (χ1n) is 7.33. The van der Waals surface area contributed by atoms with E-state index in [1.165, 1.54) is 22.0 Å². The Labute approximate surface area is 128 Å². The van der Waals surface area contributed by atoms with Crippen molar-refractivity contribution in [1.29, 1.82) is 0 Å². The molecule has 8 nitrogen and oxygen atoms in total. The summed E-state index contributed by atoms with van der Waals surface area (Å²) in [5.74, 6) is -1.26. The van der Waals surface area contributed by atoms with Gasteiger partial charge in [0.15, 0.2) is 0 Å². The summed E-state index contributed by atoms with van der Waals surface area (Å²) < 4.78 is 0. The number of nitrogens with two attached hydrogens (primary N) is 1. The van der Waals surface area contributed by atoms with Gasteiger partial charge in [-0.05, 0) is 25.7 Å². The Kier molecular flexibility index (Phi) is 5.13. The Morgan fingerprint density at radius 3 is 2.23 bits per heavy atom. The van der Waals surface area contributed by atoms with E-state index in [1.807, 2.05) is 0 Å². The number of amides is 4. The minimum absolute atomic E-state index is 0.324. The quantitative estimate of drug-likeness (QED) is 0.486. The molecule has 0 saturated carbocycles. The number of hydrogen-bond acceptors (Lipinski definition) is 4. The molecule has 0 spiro atoms. The number of carbonyl (C=O) groups excluding carboxylic acids is 4. The second-order valence-electron chi connectivity index (χ2n) is 5.40. The number of carbonyl (C=O) groups is 4. The largest absolute Gasteiger partial charge is 0.368 e. The SMILES string of the molecule is NC(=O)C1CCCN1C(=O)/C=C/C(=O)N1CCCC1NC=O. The molecule has 22 heavy (non-hydrogen) atoms. The van der Waals surface area contributed by atoms with Crippen LogP contribution in [0.25, 0.3) is 0 Å². The molecule has 0 aromatic rings. The third-order valence-electron chi connectivity index (χ3n) is 4.03. The molecule has 120 valence electrons. The second kappa shape index (κ2) is 7.06. The van der Waals surface area contributed by atoms with Crippen molar-refractivity contribution in [2.24, 2.45) is 5.73 Å². The first-order valence-corrected chi connectivity index (χ1v) is 7.33. The highest BCUT2D eigenvalue weighted by Crippen LogP contribution is 2.18. The van der Waals surface area contributed by atoms with Crippen molar-refractivity contribution in [1.82, 2.24) is 15.1 Å². The standard InChI is InChI=1S/C14H20N4O4/c15-14(22)10-3-1-7-17(10)12(20)5-6-13(21)18-8-2-4-11(18)16-9-19/h5-6,9-11H,1-4,7-8H2,(H2,15,22)(H,16,19)/b6-5+. The van der Waals surface area contributed by atoms with Gasteiger partial charge in [-0.1, -0.05) is 0 Å². The third-order valence-corrected chi connectivity index (χ3v) is 4.03. The second-order valence-corrected chi connectivity index (χ2v) is 5.40. The van der Waals surface area contributed by atoms with Crippen molar-refractivity contribution in [3.05, 3.63) is 12.2 Å². The van der Waals surface area contributed by atoms with Crippen LogP contribution in [0.5, 0.6) is 0 Å². The van der Waals surface area contributed by atoms with Crippen LogP contribution in [-0.4, -0.2) is 59.2 Å². The van der Waals surface area contributed by atoms with Gasteiger partial charge in [0.1, 0.15) is 12.2 Å². The minimum atomic E-state index is -0.594. The van der Waals surface area contributed by atoms with Gasteiger partial charge in [0.05, 0.1) is 0 Å². The van der Waals surface area contributed by atoms with Gasteiger partial charge in [-0.15, -0.1) is 0 Å². The van der Waals surface area contributed by atoms with Crippen molar-refractivity contribution in [3.63, 3.8) is 0 Å². The van der Waals surface area contributed by atoms with Crippen LogP contribution in [0.2, 0.25) is 0 Å². The zero-order valence-corrected chi connectivity index (χ0v) is 12.2. The summed E-state index contributed by atoms with van der Waals surface area (Å²) in [6.07, 6.45) is 5.36. The molecule has 0 aromatic carbocycles. The van der Waals surface area contributed by atoms with Gasteiger partial charge in [-0.3, -0.25) is 19.2 Å². The zero-order valence-electron chi connectivity index (χ0n) is 12.2. The summed E-state index contributed by atoms with van der Waals surface area (Å²) >= 11 is 0. The Hall–Kier alpha value is -2.38. The van der Waals surface area contributed by atoms with Crippen LogP contribution in [0.1, 0.15) is 25.7 Å². The lowest BCUT2D eigenvalue weighted by Crippen LogP contribution is -2.44. The molecule has 0 aliphatic carbocycles. The highest BCUT2D eigenvalue weighted by atomic mass is 16.2. The maximum absolute atomic E-state index is 12.1. The summed E-state index contributed by atoms with van der Waals surface area (Å²) in [6, 6.07) is -0.594. The van der Waals surface area contributed by atoms with E-state index >= 15 is 0 Å². The van der Waals surface area contributed by atoms with Crippen LogP contribution in [-0.2, 0) is 19.2 Å². The number of hydrogen-bond donors (Lipinski definition) is 2. The van der Waals surface area contributed by atoms with Gasteiger partial charge in [-0.25, -0.2) is 0 Å². The van der Waals surface area contributed by atoms with E-state index < -0.39 is 17.9 Å². The van der Waals surface area contributed by atoms with E-state index in [-0.39, 0.29) is 12.1 Å². The first-order chi connectivity index (χ1) is 10.5. The van der Waals surface area contributed by atoms with Crippen molar-refractivity contribution in [2.45, 2.75) is 37.9 Å². The topological polar surface area (TPSA) is 113 Å². The highest BCUT2D eigenvalue weighted by Gasteiger charge is 2.32. The van der Waals surface area contributed by atoms with E-state index in [1.54, 1.807) is 0 Å². The number of likely N-dealkylation sites (tertiary alicyclic amines) is 2. The zero-order chi connectivity index (χ0) is 16.1. The van der Waals surface area contributed by atoms with E-state index in [9.17, 15) is 19.2 Å². The molecule has 2 rings (SSSR count). The molecule has 2 saturated heterocycles. The number of nitrogens with one attached hydrogen (secondary N) is 1. The molecular weight excluding hydrogens is 288 g/mol. The average Bonchev–Trinajstić information content (AvgIpc) is 3.13. The minimum Gasteiger partial charge on any atom is -0.368 e. The van der Waals surface area contributed by atoms with Crippen molar-refractivity contribution in [3.8, 4) is 0 Å². The molecule has 2 fully saturated rings. The predicted molar refractivity (Wildman–Crippen MR) is 77.0 cm³/mol. The molecule has 0 bridgehead atoms. The van der Waals surface area contributed by atoms with Crippen LogP contribution in [0.4, 0.5) is 0 Å². The van der Waals surface area contributed by atoms with E-state index in [4.69, 9.17) is 5.73 Å². The van der Waals surface area contributed by atoms with E-state index in [0.717, 1.165) is 12.8 Å². The Morgan fingerprint density at radius 1 is 1.00 bits per heavy atom. The molecule has 2 heterocycles. The van der Waals surface area contributed by atoms with E-state index in [0.29, 0.717) is 32.3 Å². The summed E-state index contributed by atoms with van der Waals surface area (Å²) in [4.78, 5) is 48.8. The number of primary amides is 1. The van der Waals surface area contributed by atoms with Gasteiger partial charge in [-0.2, -0.15) is 0 Å². The van der Waals surface area contributed by atoms with Crippen LogP contribution in [0.15, 0.2) is 12.2 Å². The summed E-state index contributed by atoms with van der Waals surface area (Å²) in [5, 5.41) is 2.57. The summed E-state index contributed by atoms with van der Waals surface area (Å²) in [6.45, 7) is 1.00.